The molecule has 0 aliphatic heterocycles. The van der Waals surface area contributed by atoms with Gasteiger partial charge in [0, 0.05) is 14.1 Å². The van der Waals surface area contributed by atoms with Crippen molar-refractivity contribution >= 4 is 11.8 Å². The Kier molecular flexibility index (Phi) is 5.93. The quantitative estimate of drug-likeness (QED) is 0.654. The molecule has 0 heterocycles. The monoisotopic (exact) mass is 215 g/mol. The predicted molar refractivity (Wildman–Crippen MR) is 59.4 cm³/mol. The molecular formula is C10H21N3O2. The van der Waals surface area contributed by atoms with Gasteiger partial charge in [-0.1, -0.05) is 6.92 Å². The zero-order valence-corrected chi connectivity index (χ0v) is 10.1. The van der Waals surface area contributed by atoms with Gasteiger partial charge in [0.1, 0.15) is 6.04 Å². The third kappa shape index (κ3) is 4.29. The van der Waals surface area contributed by atoms with Crippen molar-refractivity contribution in [3.63, 3.8) is 0 Å². The average molecular weight is 215 g/mol. The Morgan fingerprint density at radius 1 is 1.33 bits per heavy atom. The van der Waals surface area contributed by atoms with Crippen LogP contribution in [0.3, 0.4) is 0 Å². The third-order valence-corrected chi connectivity index (χ3v) is 2.29. The van der Waals surface area contributed by atoms with Gasteiger partial charge >= 0.3 is 0 Å². The van der Waals surface area contributed by atoms with E-state index in [1.54, 1.807) is 28.1 Å². The van der Waals surface area contributed by atoms with Crippen molar-refractivity contribution in [2.45, 2.75) is 32.4 Å². The lowest BCUT2D eigenvalue weighted by atomic mass is 10.2. The molecule has 5 nitrogen and oxygen atoms in total. The maximum Gasteiger partial charge on any atom is 0.244 e. The number of amides is 2. The maximum absolute atomic E-state index is 11.6. The first-order valence-corrected chi connectivity index (χ1v) is 5.12. The highest BCUT2D eigenvalue weighted by Gasteiger charge is 2.22. The molecule has 0 fully saturated rings. The summed E-state index contributed by atoms with van der Waals surface area (Å²) in [6.45, 7) is 3.62. The lowest BCUT2D eigenvalue weighted by Crippen LogP contribution is -2.50. The van der Waals surface area contributed by atoms with E-state index >= 15 is 0 Å². The van der Waals surface area contributed by atoms with E-state index in [0.29, 0.717) is 6.42 Å². The van der Waals surface area contributed by atoms with Gasteiger partial charge in [-0.05, 0) is 20.4 Å². The smallest absolute Gasteiger partial charge is 0.244 e. The average Bonchev–Trinajstić information content (AvgIpc) is 2.22. The van der Waals surface area contributed by atoms with Crippen molar-refractivity contribution in [3.05, 3.63) is 0 Å². The fourth-order valence-corrected chi connectivity index (χ4v) is 1.08. The summed E-state index contributed by atoms with van der Waals surface area (Å²) in [4.78, 5) is 24.6. The molecule has 0 radical (unpaired) electrons. The third-order valence-electron chi connectivity index (χ3n) is 2.29. The minimum atomic E-state index is -0.428. The SMILES string of the molecule is CCC(NC(=O)C(C)NC)C(=O)N(C)C. The van der Waals surface area contributed by atoms with Crippen LogP contribution in [0.25, 0.3) is 0 Å². The van der Waals surface area contributed by atoms with Crippen molar-refractivity contribution in [1.82, 2.24) is 15.5 Å². The molecule has 0 aliphatic rings. The second kappa shape index (κ2) is 6.40. The number of rotatable bonds is 5. The number of hydrogen-bond donors (Lipinski definition) is 2. The van der Waals surface area contributed by atoms with Crippen molar-refractivity contribution in [2.24, 2.45) is 0 Å². The summed E-state index contributed by atoms with van der Waals surface area (Å²) in [5.74, 6) is -0.228. The second-order valence-electron chi connectivity index (χ2n) is 3.71. The number of nitrogens with one attached hydrogen (secondary N) is 2. The Morgan fingerprint density at radius 3 is 2.20 bits per heavy atom. The highest BCUT2D eigenvalue weighted by atomic mass is 16.2. The normalized spacial score (nSPS) is 14.2. The van der Waals surface area contributed by atoms with Crippen LogP contribution in [-0.4, -0.2) is 49.9 Å². The van der Waals surface area contributed by atoms with Crippen LogP contribution in [0.1, 0.15) is 20.3 Å². The molecule has 0 aliphatic carbocycles. The van der Waals surface area contributed by atoms with Crippen molar-refractivity contribution in [3.8, 4) is 0 Å². The summed E-state index contributed by atoms with van der Waals surface area (Å²) >= 11 is 0. The molecule has 2 atom stereocenters. The Morgan fingerprint density at radius 2 is 1.87 bits per heavy atom. The van der Waals surface area contributed by atoms with E-state index in [1.165, 1.54) is 4.90 Å². The Balaban J connectivity index is 4.34. The van der Waals surface area contributed by atoms with E-state index in [-0.39, 0.29) is 17.9 Å². The van der Waals surface area contributed by atoms with Gasteiger partial charge in [0.25, 0.3) is 0 Å². The molecule has 0 rings (SSSR count). The summed E-state index contributed by atoms with van der Waals surface area (Å²) < 4.78 is 0. The van der Waals surface area contributed by atoms with Gasteiger partial charge in [-0.2, -0.15) is 0 Å². The van der Waals surface area contributed by atoms with E-state index in [9.17, 15) is 9.59 Å². The summed E-state index contributed by atoms with van der Waals surface area (Å²) in [6, 6.07) is -0.711. The van der Waals surface area contributed by atoms with Gasteiger partial charge in [0.05, 0.1) is 6.04 Å². The molecule has 0 aromatic heterocycles. The van der Waals surface area contributed by atoms with Crippen LogP contribution < -0.4 is 10.6 Å². The van der Waals surface area contributed by atoms with Crippen molar-refractivity contribution < 1.29 is 9.59 Å². The molecular weight excluding hydrogens is 194 g/mol. The molecule has 0 saturated heterocycles. The van der Waals surface area contributed by atoms with Crippen LogP contribution in [0, 0.1) is 0 Å². The molecule has 2 N–H and O–H groups in total. The number of carbonyl (C=O) groups excluding carboxylic acids is 2. The van der Waals surface area contributed by atoms with Crippen molar-refractivity contribution in [1.29, 1.82) is 0 Å². The predicted octanol–water partition coefficient (Wildman–Crippen LogP) is -0.423. The summed E-state index contributed by atoms with van der Waals surface area (Å²) in [6.07, 6.45) is 0.596. The number of likely N-dealkylation sites (N-methyl/N-ethyl adjacent to an activating group) is 2. The van der Waals surface area contributed by atoms with Crippen molar-refractivity contribution in [2.75, 3.05) is 21.1 Å². The molecule has 0 saturated carbocycles. The molecule has 0 aromatic carbocycles. The Hall–Kier alpha value is -1.10. The van der Waals surface area contributed by atoms with E-state index in [4.69, 9.17) is 0 Å². The highest BCUT2D eigenvalue weighted by molar-refractivity contribution is 5.89. The molecule has 5 heteroatoms. The molecule has 0 bridgehead atoms. The minimum Gasteiger partial charge on any atom is -0.347 e. The summed E-state index contributed by atoms with van der Waals surface area (Å²) in [7, 11) is 5.07. The fraction of sp³-hybridized carbons (Fsp3) is 0.800. The molecule has 2 amide bonds. The lowest BCUT2D eigenvalue weighted by Gasteiger charge is -2.22. The lowest BCUT2D eigenvalue weighted by molar-refractivity contribution is -0.134. The zero-order valence-electron chi connectivity index (χ0n) is 10.1. The number of hydrogen-bond acceptors (Lipinski definition) is 3. The van der Waals surface area contributed by atoms with Crippen LogP contribution in [0.2, 0.25) is 0 Å². The van der Waals surface area contributed by atoms with E-state index < -0.39 is 6.04 Å². The molecule has 0 aromatic rings. The molecule has 2 unspecified atom stereocenters. The van der Waals surface area contributed by atoms with Gasteiger partial charge < -0.3 is 15.5 Å². The van der Waals surface area contributed by atoms with E-state index in [1.807, 2.05) is 6.92 Å². The standard InChI is InChI=1S/C10H21N3O2/c1-6-8(10(15)13(4)5)12-9(14)7(2)11-3/h7-8,11H,6H2,1-5H3,(H,12,14). The number of carbonyl (C=O) groups is 2. The maximum atomic E-state index is 11.6. The van der Waals surface area contributed by atoms with E-state index in [2.05, 4.69) is 10.6 Å². The van der Waals surface area contributed by atoms with Gasteiger partial charge in [-0.15, -0.1) is 0 Å². The summed E-state index contributed by atoms with van der Waals surface area (Å²) in [5.41, 5.74) is 0. The molecule has 15 heavy (non-hydrogen) atoms. The fourth-order valence-electron chi connectivity index (χ4n) is 1.08. The van der Waals surface area contributed by atoms with Crippen LogP contribution in [0.4, 0.5) is 0 Å². The first kappa shape index (κ1) is 13.9. The molecule has 0 spiro atoms. The number of nitrogens with zero attached hydrogens (tertiary/aromatic N) is 1. The van der Waals surface area contributed by atoms with Gasteiger partial charge in [-0.3, -0.25) is 9.59 Å². The van der Waals surface area contributed by atoms with Crippen LogP contribution in [-0.2, 0) is 9.59 Å². The minimum absolute atomic E-state index is 0.0749. The topological polar surface area (TPSA) is 61.4 Å². The Labute approximate surface area is 91.2 Å². The van der Waals surface area contributed by atoms with Gasteiger partial charge in [0.15, 0.2) is 0 Å². The van der Waals surface area contributed by atoms with Crippen LogP contribution in [0.5, 0.6) is 0 Å². The zero-order chi connectivity index (χ0) is 12.0. The Bertz CT molecular complexity index is 229. The summed E-state index contributed by atoms with van der Waals surface area (Å²) in [5, 5.41) is 5.53. The highest BCUT2D eigenvalue weighted by Crippen LogP contribution is 1.96. The van der Waals surface area contributed by atoms with E-state index in [0.717, 1.165) is 0 Å². The van der Waals surface area contributed by atoms with Crippen LogP contribution >= 0.6 is 0 Å². The van der Waals surface area contributed by atoms with Gasteiger partial charge in [-0.25, -0.2) is 0 Å². The second-order valence-corrected chi connectivity index (χ2v) is 3.71. The first-order chi connectivity index (χ1) is 6.93. The van der Waals surface area contributed by atoms with Gasteiger partial charge in [0.2, 0.25) is 11.8 Å². The molecule has 88 valence electrons. The van der Waals surface area contributed by atoms with Crippen LogP contribution in [0.15, 0.2) is 0 Å². The first-order valence-electron chi connectivity index (χ1n) is 5.12. The largest absolute Gasteiger partial charge is 0.347 e.